The fourth-order valence-electron chi connectivity index (χ4n) is 2.76. The Bertz CT molecular complexity index is 1120. The van der Waals surface area contributed by atoms with Gasteiger partial charge in [0.05, 0.1) is 13.3 Å². The van der Waals surface area contributed by atoms with Crippen molar-refractivity contribution in [3.8, 4) is 11.5 Å². The van der Waals surface area contributed by atoms with Crippen LogP contribution in [-0.4, -0.2) is 28.5 Å². The number of aryl methyl sites for hydroxylation is 1. The van der Waals surface area contributed by atoms with Gasteiger partial charge in [-0.1, -0.05) is 45.0 Å². The third-order valence-electron chi connectivity index (χ3n) is 4.65. The van der Waals surface area contributed by atoms with Gasteiger partial charge in [-0.2, -0.15) is 5.10 Å². The summed E-state index contributed by atoms with van der Waals surface area (Å²) in [6.45, 7) is 8.59. The lowest BCUT2D eigenvalue weighted by molar-refractivity contribution is 0.284. The largest absolute Gasteiger partial charge is 0.493 e. The van der Waals surface area contributed by atoms with Crippen LogP contribution in [0.1, 0.15) is 43.2 Å². The molecular formula is C23H27N5O3. The molecule has 0 aliphatic rings. The van der Waals surface area contributed by atoms with Crippen molar-refractivity contribution in [3.63, 3.8) is 0 Å². The Hall–Kier alpha value is -3.68. The Morgan fingerprint density at radius 2 is 1.84 bits per heavy atom. The highest BCUT2D eigenvalue weighted by Crippen LogP contribution is 2.29. The Labute approximate surface area is 181 Å². The van der Waals surface area contributed by atoms with Crippen LogP contribution in [0.5, 0.6) is 11.5 Å². The number of nitrogens with zero attached hydrogens (tertiary/aromatic N) is 3. The van der Waals surface area contributed by atoms with Crippen LogP contribution in [0, 0.1) is 6.92 Å². The van der Waals surface area contributed by atoms with Gasteiger partial charge >= 0.3 is 0 Å². The molecule has 8 nitrogen and oxygen atoms in total. The number of rotatable bonds is 7. The van der Waals surface area contributed by atoms with Crippen LogP contribution in [0.15, 0.2) is 52.4 Å². The average molecular weight is 422 g/mol. The number of hydrogen-bond donors (Lipinski definition) is 2. The van der Waals surface area contributed by atoms with Crippen molar-refractivity contribution in [1.29, 1.82) is 0 Å². The molecule has 31 heavy (non-hydrogen) atoms. The molecule has 8 heteroatoms. The number of aromatic nitrogens is 3. The van der Waals surface area contributed by atoms with Gasteiger partial charge in [-0.25, -0.2) is 5.43 Å². The predicted molar refractivity (Wildman–Crippen MR) is 121 cm³/mol. The highest BCUT2D eigenvalue weighted by Gasteiger charge is 2.13. The van der Waals surface area contributed by atoms with Gasteiger partial charge in [-0.05, 0) is 47.2 Å². The first-order valence-corrected chi connectivity index (χ1v) is 9.89. The number of H-pyrrole nitrogens is 1. The van der Waals surface area contributed by atoms with Crippen molar-refractivity contribution in [2.45, 2.75) is 39.7 Å². The lowest BCUT2D eigenvalue weighted by atomic mass is 9.87. The van der Waals surface area contributed by atoms with Crippen molar-refractivity contribution in [2.75, 3.05) is 12.5 Å². The molecule has 3 rings (SSSR count). The molecule has 0 radical (unpaired) electrons. The van der Waals surface area contributed by atoms with E-state index in [0.29, 0.717) is 23.8 Å². The van der Waals surface area contributed by atoms with E-state index in [0.717, 1.165) is 11.1 Å². The fourth-order valence-corrected chi connectivity index (χ4v) is 2.76. The summed E-state index contributed by atoms with van der Waals surface area (Å²) in [4.78, 5) is 14.1. The molecule has 0 atom stereocenters. The smallest absolute Gasteiger partial charge is 0.274 e. The third kappa shape index (κ3) is 5.91. The van der Waals surface area contributed by atoms with Gasteiger partial charge in [-0.3, -0.25) is 9.78 Å². The van der Waals surface area contributed by atoms with Crippen LogP contribution in [0.2, 0.25) is 0 Å². The maximum atomic E-state index is 11.5. The van der Waals surface area contributed by atoms with Crippen LogP contribution in [0.4, 0.5) is 5.95 Å². The Morgan fingerprint density at radius 1 is 1.10 bits per heavy atom. The van der Waals surface area contributed by atoms with Gasteiger partial charge in [0.15, 0.2) is 11.5 Å². The standard InChI is InChI=1S/C23H27N5O3/c1-15-21(29)25-22(28-26-15)27-24-13-17-8-11-19(20(12-17)30-5)31-14-16-6-9-18(10-7-16)23(2,3)4/h6-13H,14H2,1-5H3,(H2,25,27,28,29). The highest BCUT2D eigenvalue weighted by molar-refractivity contribution is 5.81. The highest BCUT2D eigenvalue weighted by atomic mass is 16.5. The lowest BCUT2D eigenvalue weighted by Crippen LogP contribution is -2.15. The van der Waals surface area contributed by atoms with Crippen LogP contribution >= 0.6 is 0 Å². The molecule has 3 aromatic rings. The van der Waals surface area contributed by atoms with E-state index in [-0.39, 0.29) is 16.9 Å². The van der Waals surface area contributed by atoms with Crippen LogP contribution < -0.4 is 20.5 Å². The minimum absolute atomic E-state index is 0.121. The Kier molecular flexibility index (Phi) is 6.69. The molecule has 162 valence electrons. The number of hydrogen-bond acceptors (Lipinski definition) is 7. The molecule has 0 aliphatic heterocycles. The average Bonchev–Trinajstić information content (AvgIpc) is 2.75. The van der Waals surface area contributed by atoms with Gasteiger partial charge in [0.25, 0.3) is 5.56 Å². The van der Waals surface area contributed by atoms with E-state index in [4.69, 9.17) is 9.47 Å². The molecule has 2 N–H and O–H groups in total. The van der Waals surface area contributed by atoms with E-state index in [1.807, 2.05) is 18.2 Å². The van der Waals surface area contributed by atoms with Gasteiger partial charge < -0.3 is 9.47 Å². The first kappa shape index (κ1) is 22.0. The normalized spacial score (nSPS) is 11.5. The second kappa shape index (κ2) is 9.42. The lowest BCUT2D eigenvalue weighted by Gasteiger charge is -2.19. The first-order chi connectivity index (χ1) is 14.8. The molecule has 0 amide bonds. The third-order valence-corrected chi connectivity index (χ3v) is 4.65. The summed E-state index contributed by atoms with van der Waals surface area (Å²) in [6.07, 6.45) is 1.58. The van der Waals surface area contributed by atoms with E-state index in [2.05, 4.69) is 70.7 Å². The summed E-state index contributed by atoms with van der Waals surface area (Å²) < 4.78 is 11.4. The quantitative estimate of drug-likeness (QED) is 0.444. The fraction of sp³-hybridized carbons (Fsp3) is 0.304. The number of hydrazone groups is 1. The predicted octanol–water partition coefficient (Wildman–Crippen LogP) is 3.80. The second-order valence-electron chi connectivity index (χ2n) is 8.10. The molecule has 0 bridgehead atoms. The number of anilines is 1. The molecule has 0 aliphatic carbocycles. The van der Waals surface area contributed by atoms with E-state index < -0.39 is 0 Å². The maximum absolute atomic E-state index is 11.5. The summed E-state index contributed by atoms with van der Waals surface area (Å²) in [5.74, 6) is 1.40. The van der Waals surface area contributed by atoms with Crippen molar-refractivity contribution >= 4 is 12.2 Å². The summed E-state index contributed by atoms with van der Waals surface area (Å²) in [5, 5.41) is 11.6. The molecule has 0 saturated carbocycles. The van der Waals surface area contributed by atoms with Gasteiger partial charge in [0.1, 0.15) is 12.3 Å². The SMILES string of the molecule is COc1cc(C=NNc2nnc(C)c(=O)[nH]2)ccc1OCc1ccc(C(C)(C)C)cc1. The number of nitrogens with one attached hydrogen (secondary N) is 2. The van der Waals surface area contributed by atoms with Crippen molar-refractivity contribution < 1.29 is 9.47 Å². The minimum atomic E-state index is -0.316. The van der Waals surface area contributed by atoms with Crippen molar-refractivity contribution in [2.24, 2.45) is 5.10 Å². The molecular weight excluding hydrogens is 394 g/mol. The monoisotopic (exact) mass is 421 g/mol. The molecule has 0 unspecified atom stereocenters. The zero-order valence-electron chi connectivity index (χ0n) is 18.4. The molecule has 1 aromatic heterocycles. The molecule has 2 aromatic carbocycles. The second-order valence-corrected chi connectivity index (χ2v) is 8.10. The first-order valence-electron chi connectivity index (χ1n) is 9.89. The summed E-state index contributed by atoms with van der Waals surface area (Å²) in [6, 6.07) is 13.9. The Morgan fingerprint density at radius 3 is 2.48 bits per heavy atom. The van der Waals surface area contributed by atoms with Crippen LogP contribution in [0.3, 0.4) is 0 Å². The van der Waals surface area contributed by atoms with Crippen molar-refractivity contribution in [1.82, 2.24) is 15.2 Å². The number of aromatic amines is 1. The topological polar surface area (TPSA) is 101 Å². The number of benzene rings is 2. The van der Waals surface area contributed by atoms with E-state index in [9.17, 15) is 4.79 Å². The van der Waals surface area contributed by atoms with Crippen LogP contribution in [-0.2, 0) is 12.0 Å². The van der Waals surface area contributed by atoms with E-state index in [1.165, 1.54) is 5.56 Å². The Balaban J connectivity index is 1.64. The van der Waals surface area contributed by atoms with Gasteiger partial charge in [-0.15, -0.1) is 10.2 Å². The molecule has 0 saturated heterocycles. The molecule has 0 spiro atoms. The summed E-state index contributed by atoms with van der Waals surface area (Å²) in [5.41, 5.74) is 5.89. The number of ether oxygens (including phenoxy) is 2. The van der Waals surface area contributed by atoms with Gasteiger partial charge in [0, 0.05) is 0 Å². The minimum Gasteiger partial charge on any atom is -0.493 e. The van der Waals surface area contributed by atoms with E-state index >= 15 is 0 Å². The zero-order chi connectivity index (χ0) is 22.4. The number of methoxy groups -OCH3 is 1. The van der Waals surface area contributed by atoms with Crippen molar-refractivity contribution in [3.05, 3.63) is 75.2 Å². The molecule has 1 heterocycles. The van der Waals surface area contributed by atoms with E-state index in [1.54, 1.807) is 20.2 Å². The zero-order valence-corrected chi connectivity index (χ0v) is 18.4. The van der Waals surface area contributed by atoms with Gasteiger partial charge in [0.2, 0.25) is 5.95 Å². The van der Waals surface area contributed by atoms with Crippen LogP contribution in [0.25, 0.3) is 0 Å². The molecule has 0 fully saturated rings. The summed E-state index contributed by atoms with van der Waals surface area (Å²) >= 11 is 0. The maximum Gasteiger partial charge on any atom is 0.274 e. The summed E-state index contributed by atoms with van der Waals surface area (Å²) in [7, 11) is 1.59.